The minimum Gasteiger partial charge on any atom is -0.333 e. The number of hydrogen-bond acceptors (Lipinski definition) is 5. The first-order chi connectivity index (χ1) is 11.6. The van der Waals surface area contributed by atoms with Crippen LogP contribution in [0.2, 0.25) is 0 Å². The highest BCUT2D eigenvalue weighted by molar-refractivity contribution is 7.19. The molecule has 0 aliphatic rings. The van der Waals surface area contributed by atoms with E-state index in [9.17, 15) is 4.79 Å². The number of urea groups is 1. The molecule has 2 aromatic heterocycles. The SMILES string of the molecule is Cc1ccccc1-c1cnc(NC(=O)N[C@H](C)Cn2cncn2)s1. The first-order valence-corrected chi connectivity index (χ1v) is 8.35. The van der Waals surface area contributed by atoms with E-state index in [0.29, 0.717) is 11.7 Å². The van der Waals surface area contributed by atoms with Crippen molar-refractivity contribution in [3.63, 3.8) is 0 Å². The van der Waals surface area contributed by atoms with Crippen LogP contribution >= 0.6 is 11.3 Å². The zero-order valence-corrected chi connectivity index (χ0v) is 14.2. The third kappa shape index (κ3) is 3.96. The van der Waals surface area contributed by atoms with E-state index >= 15 is 0 Å². The maximum Gasteiger partial charge on any atom is 0.321 e. The molecule has 0 aliphatic heterocycles. The Morgan fingerprint density at radius 2 is 2.21 bits per heavy atom. The van der Waals surface area contributed by atoms with Gasteiger partial charge in [0.05, 0.1) is 11.4 Å². The molecule has 0 fully saturated rings. The van der Waals surface area contributed by atoms with Crippen molar-refractivity contribution in [2.75, 3.05) is 5.32 Å². The second-order valence-electron chi connectivity index (χ2n) is 5.46. The molecular formula is C16H18N6OS. The molecule has 24 heavy (non-hydrogen) atoms. The number of aromatic nitrogens is 4. The van der Waals surface area contributed by atoms with E-state index in [1.165, 1.54) is 23.2 Å². The molecule has 0 bridgehead atoms. The zero-order valence-electron chi connectivity index (χ0n) is 13.4. The Hall–Kier alpha value is -2.74. The van der Waals surface area contributed by atoms with E-state index in [0.717, 1.165) is 10.4 Å². The minimum absolute atomic E-state index is 0.0810. The molecule has 8 heteroatoms. The third-order valence-corrected chi connectivity index (χ3v) is 4.39. The topological polar surface area (TPSA) is 84.7 Å². The summed E-state index contributed by atoms with van der Waals surface area (Å²) in [6.07, 6.45) is 4.86. The molecule has 2 heterocycles. The largest absolute Gasteiger partial charge is 0.333 e. The van der Waals surface area contributed by atoms with Crippen molar-refractivity contribution < 1.29 is 4.79 Å². The van der Waals surface area contributed by atoms with E-state index in [1.54, 1.807) is 17.2 Å². The maximum atomic E-state index is 12.1. The van der Waals surface area contributed by atoms with Crippen LogP contribution in [0.4, 0.5) is 9.93 Å². The van der Waals surface area contributed by atoms with Gasteiger partial charge in [0, 0.05) is 12.2 Å². The predicted molar refractivity (Wildman–Crippen MR) is 93.9 cm³/mol. The van der Waals surface area contributed by atoms with Crippen LogP contribution in [0.3, 0.4) is 0 Å². The average Bonchev–Trinajstić information content (AvgIpc) is 3.19. The second-order valence-corrected chi connectivity index (χ2v) is 6.49. The van der Waals surface area contributed by atoms with E-state index in [-0.39, 0.29) is 12.1 Å². The van der Waals surface area contributed by atoms with Gasteiger partial charge in [0.2, 0.25) is 0 Å². The van der Waals surface area contributed by atoms with E-state index in [4.69, 9.17) is 0 Å². The third-order valence-electron chi connectivity index (χ3n) is 3.44. The van der Waals surface area contributed by atoms with Crippen LogP contribution in [0.25, 0.3) is 10.4 Å². The van der Waals surface area contributed by atoms with Crippen molar-refractivity contribution in [3.8, 4) is 10.4 Å². The predicted octanol–water partition coefficient (Wildman–Crippen LogP) is 2.92. The standard InChI is InChI=1S/C16H18N6OS/c1-11-5-3-4-6-13(11)14-7-18-16(24-14)21-15(23)20-12(2)8-22-10-17-9-19-22/h3-7,9-10,12H,8H2,1-2H3,(H2,18,20,21,23)/t12-/m1/s1. The van der Waals surface area contributed by atoms with E-state index < -0.39 is 0 Å². The molecule has 0 saturated heterocycles. The smallest absolute Gasteiger partial charge is 0.321 e. The van der Waals surface area contributed by atoms with Crippen molar-refractivity contribution in [2.45, 2.75) is 26.4 Å². The molecule has 0 radical (unpaired) electrons. The summed E-state index contributed by atoms with van der Waals surface area (Å²) in [5.74, 6) is 0. The lowest BCUT2D eigenvalue weighted by atomic mass is 10.1. The van der Waals surface area contributed by atoms with Gasteiger partial charge in [0.1, 0.15) is 12.7 Å². The first-order valence-electron chi connectivity index (χ1n) is 7.53. The molecule has 124 valence electrons. The summed E-state index contributed by atoms with van der Waals surface area (Å²) in [5, 5.41) is 10.2. The molecule has 0 spiro atoms. The van der Waals surface area contributed by atoms with Crippen LogP contribution in [0.1, 0.15) is 12.5 Å². The molecule has 3 aromatic rings. The van der Waals surface area contributed by atoms with Gasteiger partial charge < -0.3 is 5.32 Å². The molecule has 0 aliphatic carbocycles. The summed E-state index contributed by atoms with van der Waals surface area (Å²) in [6, 6.07) is 7.74. The number of amides is 2. The number of benzene rings is 1. The summed E-state index contributed by atoms with van der Waals surface area (Å²) < 4.78 is 1.67. The molecule has 0 saturated carbocycles. The minimum atomic E-state index is -0.284. The second kappa shape index (κ2) is 7.22. The number of carbonyl (C=O) groups excluding carboxylic acids is 1. The quantitative estimate of drug-likeness (QED) is 0.746. The number of anilines is 1. The lowest BCUT2D eigenvalue weighted by Gasteiger charge is -2.13. The summed E-state index contributed by atoms with van der Waals surface area (Å²) in [6.45, 7) is 4.52. The molecular weight excluding hydrogens is 324 g/mol. The fraction of sp³-hybridized carbons (Fsp3) is 0.250. The van der Waals surface area contributed by atoms with Crippen LogP contribution < -0.4 is 10.6 Å². The number of carbonyl (C=O) groups is 1. The highest BCUT2D eigenvalue weighted by Gasteiger charge is 2.12. The Morgan fingerprint density at radius 3 is 2.96 bits per heavy atom. The van der Waals surface area contributed by atoms with Crippen LogP contribution in [-0.2, 0) is 6.54 Å². The number of hydrogen-bond donors (Lipinski definition) is 2. The molecule has 1 atom stereocenters. The highest BCUT2D eigenvalue weighted by atomic mass is 32.1. The van der Waals surface area contributed by atoms with Crippen molar-refractivity contribution >= 4 is 22.5 Å². The molecule has 2 amide bonds. The average molecular weight is 342 g/mol. The lowest BCUT2D eigenvalue weighted by molar-refractivity contribution is 0.247. The fourth-order valence-electron chi connectivity index (χ4n) is 2.32. The van der Waals surface area contributed by atoms with Gasteiger partial charge in [0.25, 0.3) is 0 Å². The van der Waals surface area contributed by atoms with Crippen molar-refractivity contribution in [2.24, 2.45) is 0 Å². The van der Waals surface area contributed by atoms with Gasteiger partial charge in [0.15, 0.2) is 5.13 Å². The normalized spacial score (nSPS) is 11.9. The summed E-state index contributed by atoms with van der Waals surface area (Å²) >= 11 is 1.45. The highest BCUT2D eigenvalue weighted by Crippen LogP contribution is 2.30. The van der Waals surface area contributed by atoms with Crippen LogP contribution in [0, 0.1) is 6.92 Å². The van der Waals surface area contributed by atoms with Crippen molar-refractivity contribution in [1.82, 2.24) is 25.1 Å². The van der Waals surface area contributed by atoms with Gasteiger partial charge >= 0.3 is 6.03 Å². The Kier molecular flexibility index (Phi) is 4.85. The summed E-state index contributed by atoms with van der Waals surface area (Å²) in [4.78, 5) is 21.2. The van der Waals surface area contributed by atoms with Crippen LogP contribution in [0.15, 0.2) is 43.1 Å². The van der Waals surface area contributed by atoms with Gasteiger partial charge in [-0.2, -0.15) is 5.10 Å². The Labute approximate surface area is 143 Å². The van der Waals surface area contributed by atoms with Crippen molar-refractivity contribution in [3.05, 3.63) is 48.7 Å². The number of nitrogens with zero attached hydrogens (tertiary/aromatic N) is 4. The monoisotopic (exact) mass is 342 g/mol. The molecule has 3 rings (SSSR count). The number of aryl methyl sites for hydroxylation is 1. The van der Waals surface area contributed by atoms with Crippen LogP contribution in [-0.4, -0.2) is 31.8 Å². The summed E-state index contributed by atoms with van der Waals surface area (Å²) in [7, 11) is 0. The Bertz CT molecular complexity index is 814. The van der Waals surface area contributed by atoms with E-state index in [2.05, 4.69) is 38.7 Å². The zero-order chi connectivity index (χ0) is 16.9. The van der Waals surface area contributed by atoms with Crippen molar-refractivity contribution in [1.29, 1.82) is 0 Å². The first kappa shape index (κ1) is 16.1. The molecule has 1 aromatic carbocycles. The summed E-state index contributed by atoms with van der Waals surface area (Å²) in [5.41, 5.74) is 2.31. The van der Waals surface area contributed by atoms with Crippen LogP contribution in [0.5, 0.6) is 0 Å². The lowest BCUT2D eigenvalue weighted by Crippen LogP contribution is -2.38. The maximum absolute atomic E-state index is 12.1. The number of rotatable bonds is 5. The van der Waals surface area contributed by atoms with E-state index in [1.807, 2.05) is 25.1 Å². The molecule has 0 unspecified atom stereocenters. The number of thiazole rings is 1. The molecule has 2 N–H and O–H groups in total. The Balaban J connectivity index is 1.58. The molecule has 7 nitrogen and oxygen atoms in total. The van der Waals surface area contributed by atoms with Gasteiger partial charge in [-0.3, -0.25) is 10.00 Å². The Morgan fingerprint density at radius 1 is 1.38 bits per heavy atom. The number of nitrogens with one attached hydrogen (secondary N) is 2. The van der Waals surface area contributed by atoms with Gasteiger partial charge in [-0.15, -0.1) is 0 Å². The van der Waals surface area contributed by atoms with Gasteiger partial charge in [-0.25, -0.2) is 14.8 Å². The van der Waals surface area contributed by atoms with Gasteiger partial charge in [-0.1, -0.05) is 35.6 Å². The fourth-order valence-corrected chi connectivity index (χ4v) is 3.22. The van der Waals surface area contributed by atoms with Gasteiger partial charge in [-0.05, 0) is 25.0 Å².